The lowest BCUT2D eigenvalue weighted by Gasteiger charge is -2.18. The number of nitrogens with one attached hydrogen (secondary N) is 1. The predicted molar refractivity (Wildman–Crippen MR) is 93.8 cm³/mol. The van der Waals surface area contributed by atoms with Crippen LogP contribution in [-0.2, 0) is 16.1 Å². The van der Waals surface area contributed by atoms with Gasteiger partial charge in [0.05, 0.1) is 18.9 Å². The van der Waals surface area contributed by atoms with Gasteiger partial charge in [-0.15, -0.1) is 0 Å². The van der Waals surface area contributed by atoms with Gasteiger partial charge in [0.15, 0.2) is 0 Å². The summed E-state index contributed by atoms with van der Waals surface area (Å²) in [5, 5.41) is 2.37. The van der Waals surface area contributed by atoms with Crippen molar-refractivity contribution in [3.8, 4) is 0 Å². The Morgan fingerprint density at radius 3 is 2.56 bits per heavy atom. The van der Waals surface area contributed by atoms with E-state index in [0.29, 0.717) is 25.3 Å². The van der Waals surface area contributed by atoms with E-state index in [2.05, 4.69) is 5.32 Å². The molecule has 0 saturated heterocycles. The lowest BCUT2D eigenvalue weighted by Crippen LogP contribution is -2.30. The number of ether oxygens (including phenoxy) is 1. The van der Waals surface area contributed by atoms with Gasteiger partial charge >= 0.3 is 0 Å². The normalized spacial score (nSPS) is 10.4. The Kier molecular flexibility index (Phi) is 6.65. The number of amides is 2. The third-order valence-electron chi connectivity index (χ3n) is 3.55. The van der Waals surface area contributed by atoms with Crippen LogP contribution in [0.2, 0.25) is 0 Å². The number of carbonyl (C=O) groups is 2. The lowest BCUT2D eigenvalue weighted by atomic mass is 10.1. The molecule has 5 nitrogen and oxygen atoms in total. The van der Waals surface area contributed by atoms with E-state index in [1.807, 2.05) is 30.3 Å². The van der Waals surface area contributed by atoms with E-state index >= 15 is 0 Å². The second kappa shape index (κ2) is 8.94. The molecule has 0 bridgehead atoms. The van der Waals surface area contributed by atoms with Crippen LogP contribution < -0.4 is 5.32 Å². The van der Waals surface area contributed by atoms with Crippen LogP contribution in [-0.4, -0.2) is 36.9 Å². The maximum Gasteiger partial charge on any atom is 0.253 e. The molecule has 132 valence electrons. The van der Waals surface area contributed by atoms with Crippen molar-refractivity contribution < 1.29 is 18.7 Å². The van der Waals surface area contributed by atoms with Gasteiger partial charge in [0.1, 0.15) is 5.82 Å². The van der Waals surface area contributed by atoms with Gasteiger partial charge < -0.3 is 15.0 Å². The largest absolute Gasteiger partial charge is 0.375 e. The zero-order chi connectivity index (χ0) is 18.2. The zero-order valence-corrected chi connectivity index (χ0v) is 14.3. The minimum absolute atomic E-state index is 0.00734. The molecule has 0 unspecified atom stereocenters. The first-order valence-electron chi connectivity index (χ1n) is 7.91. The molecule has 0 aliphatic rings. The van der Waals surface area contributed by atoms with Crippen molar-refractivity contribution in [2.24, 2.45) is 0 Å². The summed E-state index contributed by atoms with van der Waals surface area (Å²) >= 11 is 0. The summed E-state index contributed by atoms with van der Waals surface area (Å²) in [6.45, 7) is 2.55. The fourth-order valence-electron chi connectivity index (χ4n) is 2.23. The maximum absolute atomic E-state index is 13.6. The van der Waals surface area contributed by atoms with Crippen molar-refractivity contribution in [1.29, 1.82) is 0 Å². The van der Waals surface area contributed by atoms with E-state index in [0.717, 1.165) is 11.6 Å². The Morgan fingerprint density at radius 2 is 1.88 bits per heavy atom. The summed E-state index contributed by atoms with van der Waals surface area (Å²) in [5.74, 6) is -1.25. The standard InChI is InChI=1S/C19H21FN2O3/c1-14(23)21-18-12-16(8-9-17(18)20)19(24)22(2)10-11-25-13-15-6-4-3-5-7-15/h3-9,12H,10-11,13H2,1-2H3,(H,21,23). The lowest BCUT2D eigenvalue weighted by molar-refractivity contribution is -0.114. The van der Waals surface area contributed by atoms with E-state index in [4.69, 9.17) is 4.74 Å². The Hall–Kier alpha value is -2.73. The van der Waals surface area contributed by atoms with Crippen molar-refractivity contribution >= 4 is 17.5 Å². The van der Waals surface area contributed by atoms with Gasteiger partial charge in [-0.2, -0.15) is 0 Å². The van der Waals surface area contributed by atoms with Crippen molar-refractivity contribution in [1.82, 2.24) is 4.90 Å². The number of likely N-dealkylation sites (N-methyl/N-ethyl adjacent to an activating group) is 1. The number of halogens is 1. The molecule has 2 amide bonds. The molecule has 0 aliphatic heterocycles. The van der Waals surface area contributed by atoms with Crippen LogP contribution in [0.15, 0.2) is 48.5 Å². The number of hydrogen-bond acceptors (Lipinski definition) is 3. The molecule has 25 heavy (non-hydrogen) atoms. The molecule has 0 heterocycles. The maximum atomic E-state index is 13.6. The fraction of sp³-hybridized carbons (Fsp3) is 0.263. The molecule has 0 spiro atoms. The molecule has 0 saturated carbocycles. The highest BCUT2D eigenvalue weighted by molar-refractivity contribution is 5.96. The predicted octanol–water partition coefficient (Wildman–Crippen LogP) is 3.07. The first-order chi connectivity index (χ1) is 12.0. The highest BCUT2D eigenvalue weighted by atomic mass is 19.1. The third kappa shape index (κ3) is 5.69. The Labute approximate surface area is 146 Å². The first-order valence-corrected chi connectivity index (χ1v) is 7.91. The van der Waals surface area contributed by atoms with E-state index in [1.165, 1.54) is 24.0 Å². The number of benzene rings is 2. The van der Waals surface area contributed by atoms with Gasteiger partial charge in [0, 0.05) is 26.1 Å². The topological polar surface area (TPSA) is 58.6 Å². The fourth-order valence-corrected chi connectivity index (χ4v) is 2.23. The van der Waals surface area contributed by atoms with Gasteiger partial charge in [-0.25, -0.2) is 4.39 Å². The summed E-state index contributed by atoms with van der Waals surface area (Å²) in [7, 11) is 1.65. The minimum atomic E-state index is -0.583. The summed E-state index contributed by atoms with van der Waals surface area (Å²) in [6.07, 6.45) is 0. The smallest absolute Gasteiger partial charge is 0.253 e. The van der Waals surface area contributed by atoms with Crippen LogP contribution in [0.5, 0.6) is 0 Å². The average Bonchev–Trinajstić information content (AvgIpc) is 2.60. The quantitative estimate of drug-likeness (QED) is 0.786. The van der Waals surface area contributed by atoms with Crippen LogP contribution in [0.25, 0.3) is 0 Å². The van der Waals surface area contributed by atoms with Crippen LogP contribution in [0.1, 0.15) is 22.8 Å². The van der Waals surface area contributed by atoms with Gasteiger partial charge in [0.2, 0.25) is 5.91 Å². The molecule has 2 aromatic rings. The number of anilines is 1. The van der Waals surface area contributed by atoms with Gasteiger partial charge in [0.25, 0.3) is 5.91 Å². The van der Waals surface area contributed by atoms with Crippen molar-refractivity contribution in [2.45, 2.75) is 13.5 Å². The highest BCUT2D eigenvalue weighted by Crippen LogP contribution is 2.17. The molecule has 2 aromatic carbocycles. The van der Waals surface area contributed by atoms with E-state index < -0.39 is 11.7 Å². The van der Waals surface area contributed by atoms with Crippen LogP contribution in [0.3, 0.4) is 0 Å². The van der Waals surface area contributed by atoms with Crippen molar-refractivity contribution in [2.75, 3.05) is 25.5 Å². The van der Waals surface area contributed by atoms with Crippen LogP contribution in [0, 0.1) is 5.82 Å². The minimum Gasteiger partial charge on any atom is -0.375 e. The zero-order valence-electron chi connectivity index (χ0n) is 14.3. The highest BCUT2D eigenvalue weighted by Gasteiger charge is 2.14. The van der Waals surface area contributed by atoms with Gasteiger partial charge in [-0.1, -0.05) is 30.3 Å². The first kappa shape index (κ1) is 18.6. The number of nitrogens with zero attached hydrogens (tertiary/aromatic N) is 1. The second-order valence-corrected chi connectivity index (χ2v) is 5.64. The molecule has 6 heteroatoms. The molecule has 0 atom stereocenters. The molecule has 2 rings (SSSR count). The molecular weight excluding hydrogens is 323 g/mol. The number of carbonyl (C=O) groups excluding carboxylic acids is 2. The van der Waals surface area contributed by atoms with E-state index in [1.54, 1.807) is 7.05 Å². The monoisotopic (exact) mass is 344 g/mol. The van der Waals surface area contributed by atoms with Crippen molar-refractivity contribution in [3.05, 3.63) is 65.5 Å². The van der Waals surface area contributed by atoms with Crippen LogP contribution >= 0.6 is 0 Å². The number of rotatable bonds is 7. The molecule has 0 aliphatic carbocycles. The average molecular weight is 344 g/mol. The van der Waals surface area contributed by atoms with Crippen molar-refractivity contribution in [3.63, 3.8) is 0 Å². The third-order valence-corrected chi connectivity index (χ3v) is 3.55. The van der Waals surface area contributed by atoms with E-state index in [-0.39, 0.29) is 11.6 Å². The second-order valence-electron chi connectivity index (χ2n) is 5.64. The summed E-state index contributed by atoms with van der Waals surface area (Å²) in [6, 6.07) is 13.6. The molecule has 0 radical (unpaired) electrons. The molecule has 1 N–H and O–H groups in total. The summed E-state index contributed by atoms with van der Waals surface area (Å²) < 4.78 is 19.2. The van der Waals surface area contributed by atoms with Gasteiger partial charge in [-0.05, 0) is 23.8 Å². The summed E-state index contributed by atoms with van der Waals surface area (Å²) in [4.78, 5) is 25.0. The SMILES string of the molecule is CC(=O)Nc1cc(C(=O)N(C)CCOCc2ccccc2)ccc1F. The molecular formula is C19H21FN2O3. The molecule has 0 fully saturated rings. The Bertz CT molecular complexity index is 735. The number of hydrogen-bond donors (Lipinski definition) is 1. The Morgan fingerprint density at radius 1 is 1.16 bits per heavy atom. The van der Waals surface area contributed by atoms with Crippen LogP contribution in [0.4, 0.5) is 10.1 Å². The summed E-state index contributed by atoms with van der Waals surface area (Å²) in [5.41, 5.74) is 1.36. The Balaban J connectivity index is 1.88. The van der Waals surface area contributed by atoms with E-state index in [9.17, 15) is 14.0 Å². The molecule has 0 aromatic heterocycles. The van der Waals surface area contributed by atoms with Gasteiger partial charge in [-0.3, -0.25) is 9.59 Å².